The van der Waals surface area contributed by atoms with Gasteiger partial charge in [0.1, 0.15) is 16.5 Å². The number of rotatable bonds is 5. The van der Waals surface area contributed by atoms with Gasteiger partial charge in [-0.1, -0.05) is 0 Å². The molecular formula is C28H20N4O4S. The summed E-state index contributed by atoms with van der Waals surface area (Å²) in [6.45, 7) is 0. The van der Waals surface area contributed by atoms with Crippen molar-refractivity contribution in [2.45, 2.75) is 0 Å². The third kappa shape index (κ3) is 3.85. The van der Waals surface area contributed by atoms with Gasteiger partial charge in [0.2, 0.25) is 0 Å². The van der Waals surface area contributed by atoms with E-state index in [9.17, 15) is 9.59 Å². The second-order valence-corrected chi connectivity index (χ2v) is 9.26. The number of hydrogen-bond acceptors (Lipinski definition) is 7. The van der Waals surface area contributed by atoms with E-state index in [0.717, 1.165) is 26.5 Å². The Morgan fingerprint density at radius 1 is 0.784 bits per heavy atom. The Kier molecular flexibility index (Phi) is 5.54. The zero-order valence-electron chi connectivity index (χ0n) is 19.9. The van der Waals surface area contributed by atoms with E-state index in [4.69, 9.17) is 14.5 Å². The largest absolute Gasteiger partial charge is 0.497 e. The smallest absolute Gasteiger partial charge is 0.341 e. The summed E-state index contributed by atoms with van der Waals surface area (Å²) >= 11 is 1.55. The fourth-order valence-corrected chi connectivity index (χ4v) is 5.24. The average molecular weight is 509 g/mol. The summed E-state index contributed by atoms with van der Waals surface area (Å²) in [7, 11) is 3.21. The summed E-state index contributed by atoms with van der Waals surface area (Å²) < 4.78 is 14.2. The summed E-state index contributed by atoms with van der Waals surface area (Å²) in [5, 5.41) is 1.17. The van der Waals surface area contributed by atoms with Crippen molar-refractivity contribution in [2.24, 2.45) is 0 Å². The second-order valence-electron chi connectivity index (χ2n) is 8.23. The Hall–Kier alpha value is -4.76. The molecule has 3 aromatic carbocycles. The highest BCUT2D eigenvalue weighted by Gasteiger charge is 2.17. The monoisotopic (exact) mass is 508 g/mol. The van der Waals surface area contributed by atoms with Crippen molar-refractivity contribution in [3.05, 3.63) is 106 Å². The van der Waals surface area contributed by atoms with Gasteiger partial charge < -0.3 is 9.47 Å². The third-order valence-electron chi connectivity index (χ3n) is 6.11. The molecule has 182 valence electrons. The molecule has 0 radical (unpaired) electrons. The van der Waals surface area contributed by atoms with Crippen LogP contribution in [-0.4, -0.2) is 33.3 Å². The number of hydrogen-bond donors (Lipinski definition) is 0. The summed E-state index contributed by atoms with van der Waals surface area (Å²) in [5.74, 6) is 1.43. The van der Waals surface area contributed by atoms with Crippen LogP contribution in [0.25, 0.3) is 43.2 Å². The molecule has 6 aromatic rings. The first kappa shape index (κ1) is 22.7. The predicted octanol–water partition coefficient (Wildman–Crippen LogP) is 4.83. The van der Waals surface area contributed by atoms with Crippen LogP contribution in [0.2, 0.25) is 0 Å². The summed E-state index contributed by atoms with van der Waals surface area (Å²) in [6.07, 6.45) is 1.56. The third-order valence-corrected chi connectivity index (χ3v) is 7.18. The van der Waals surface area contributed by atoms with Gasteiger partial charge >= 0.3 is 5.69 Å². The first-order chi connectivity index (χ1) is 18.1. The van der Waals surface area contributed by atoms with Gasteiger partial charge in [0, 0.05) is 11.8 Å². The first-order valence-electron chi connectivity index (χ1n) is 11.4. The Labute approximate surface area is 214 Å². The normalized spacial score (nSPS) is 11.2. The molecule has 0 saturated heterocycles. The van der Waals surface area contributed by atoms with Gasteiger partial charge in [-0.15, -0.1) is 11.3 Å². The summed E-state index contributed by atoms with van der Waals surface area (Å²) in [6, 6.07) is 23.4. The topological polar surface area (TPSA) is 88.2 Å². The molecule has 0 fully saturated rings. The fourth-order valence-electron chi connectivity index (χ4n) is 4.24. The van der Waals surface area contributed by atoms with Crippen LogP contribution >= 0.6 is 11.3 Å². The number of ether oxygens (including phenoxy) is 2. The molecule has 3 heterocycles. The van der Waals surface area contributed by atoms with Gasteiger partial charge in [0.25, 0.3) is 5.56 Å². The molecule has 6 rings (SSSR count). The Bertz CT molecular complexity index is 1890. The maximum atomic E-state index is 13.7. The van der Waals surface area contributed by atoms with Crippen LogP contribution in [0.1, 0.15) is 0 Å². The standard InChI is InChI=1S/C28H20N4O4S/c1-35-20-11-9-18(10-12-20)31-25-22(4-3-15-29-25)27(33)32(28(31)34)19-7-5-17(6-8-19)26-30-23-14-13-21(36-2)16-24(23)37-26/h3-16H,1-2H3. The van der Waals surface area contributed by atoms with Gasteiger partial charge in [-0.05, 0) is 78.9 Å². The van der Waals surface area contributed by atoms with Crippen LogP contribution in [0, 0.1) is 0 Å². The van der Waals surface area contributed by atoms with Crippen molar-refractivity contribution in [1.29, 1.82) is 0 Å². The van der Waals surface area contributed by atoms with E-state index in [2.05, 4.69) is 4.98 Å². The van der Waals surface area contributed by atoms with E-state index >= 15 is 0 Å². The Balaban J connectivity index is 1.49. The Morgan fingerprint density at radius 2 is 1.46 bits per heavy atom. The summed E-state index contributed by atoms with van der Waals surface area (Å²) in [5.41, 5.74) is 2.14. The molecule has 0 aliphatic carbocycles. The zero-order valence-corrected chi connectivity index (χ0v) is 20.7. The van der Waals surface area contributed by atoms with Crippen molar-refractivity contribution >= 4 is 32.6 Å². The number of fused-ring (bicyclic) bond motifs is 2. The maximum absolute atomic E-state index is 13.7. The molecule has 0 unspecified atom stereocenters. The van der Waals surface area contributed by atoms with Gasteiger partial charge in [-0.2, -0.15) is 0 Å². The molecule has 0 bridgehead atoms. The molecule has 0 aliphatic rings. The Morgan fingerprint density at radius 3 is 2.19 bits per heavy atom. The van der Waals surface area contributed by atoms with Crippen LogP contribution in [0.5, 0.6) is 11.5 Å². The molecule has 37 heavy (non-hydrogen) atoms. The van der Waals surface area contributed by atoms with Crippen LogP contribution in [0.15, 0.2) is 94.6 Å². The molecule has 0 aliphatic heterocycles. The SMILES string of the molecule is COc1ccc(-n2c(=O)n(-c3ccc(-c4nc5ccc(OC)cc5s4)cc3)c(=O)c3cccnc32)cc1. The molecular weight excluding hydrogens is 488 g/mol. The van der Waals surface area contributed by atoms with Crippen LogP contribution in [0.3, 0.4) is 0 Å². The van der Waals surface area contributed by atoms with E-state index < -0.39 is 11.2 Å². The van der Waals surface area contributed by atoms with Gasteiger partial charge in [-0.3, -0.25) is 4.79 Å². The van der Waals surface area contributed by atoms with Crippen LogP contribution < -0.4 is 20.7 Å². The molecule has 9 heteroatoms. The van der Waals surface area contributed by atoms with Gasteiger partial charge in [-0.25, -0.2) is 23.9 Å². The van der Waals surface area contributed by atoms with E-state index in [-0.39, 0.29) is 0 Å². The first-order valence-corrected chi connectivity index (χ1v) is 12.2. The van der Waals surface area contributed by atoms with Crippen molar-refractivity contribution < 1.29 is 9.47 Å². The second kappa shape index (κ2) is 9.03. The number of benzene rings is 3. The van der Waals surface area contributed by atoms with Gasteiger partial charge in [0.15, 0.2) is 5.65 Å². The minimum absolute atomic E-state index is 0.292. The molecule has 0 N–H and O–H groups in total. The molecule has 0 spiro atoms. The van der Waals surface area contributed by atoms with E-state index in [1.165, 1.54) is 9.13 Å². The van der Waals surface area contributed by atoms with Crippen LogP contribution in [0.4, 0.5) is 0 Å². The zero-order chi connectivity index (χ0) is 25.5. The lowest BCUT2D eigenvalue weighted by Gasteiger charge is -2.14. The van der Waals surface area contributed by atoms with Crippen molar-refractivity contribution in [3.8, 4) is 33.4 Å². The number of nitrogens with zero attached hydrogens (tertiary/aromatic N) is 4. The molecule has 0 atom stereocenters. The highest BCUT2D eigenvalue weighted by Crippen LogP contribution is 2.32. The highest BCUT2D eigenvalue weighted by molar-refractivity contribution is 7.21. The quantitative estimate of drug-likeness (QED) is 0.331. The number of aromatic nitrogens is 4. The maximum Gasteiger partial charge on any atom is 0.341 e. The lowest BCUT2D eigenvalue weighted by Crippen LogP contribution is -2.38. The van der Waals surface area contributed by atoms with Crippen molar-refractivity contribution in [1.82, 2.24) is 19.1 Å². The van der Waals surface area contributed by atoms with E-state index in [0.29, 0.717) is 28.2 Å². The van der Waals surface area contributed by atoms with Crippen molar-refractivity contribution in [2.75, 3.05) is 14.2 Å². The lowest BCUT2D eigenvalue weighted by atomic mass is 10.2. The molecule has 0 amide bonds. The molecule has 8 nitrogen and oxygen atoms in total. The van der Waals surface area contributed by atoms with E-state index in [1.807, 2.05) is 30.3 Å². The van der Waals surface area contributed by atoms with Gasteiger partial charge in [0.05, 0.1) is 41.2 Å². The highest BCUT2D eigenvalue weighted by atomic mass is 32.1. The number of thiazole rings is 1. The van der Waals surface area contributed by atoms with E-state index in [1.54, 1.807) is 80.3 Å². The van der Waals surface area contributed by atoms with Crippen LogP contribution in [-0.2, 0) is 0 Å². The average Bonchev–Trinajstić information content (AvgIpc) is 3.37. The minimum atomic E-state index is -0.513. The minimum Gasteiger partial charge on any atom is -0.497 e. The number of methoxy groups -OCH3 is 2. The number of pyridine rings is 1. The predicted molar refractivity (Wildman–Crippen MR) is 145 cm³/mol. The lowest BCUT2D eigenvalue weighted by molar-refractivity contribution is 0.414. The van der Waals surface area contributed by atoms with Crippen molar-refractivity contribution in [3.63, 3.8) is 0 Å². The molecule has 3 aromatic heterocycles. The summed E-state index contributed by atoms with van der Waals surface area (Å²) in [4.78, 5) is 36.2. The molecule has 0 saturated carbocycles. The fraction of sp³-hybridized carbons (Fsp3) is 0.0714.